The standard InChI is InChI=1S/C33H36Br2N6O4/c34-26-17-21(18-27(35)30(26)42)19-28(31(43)39-13-7-23(8-14-39)22-5-11-36-12-6-22)38-33(45)40-15-9-25(10-16-40)41-29-4-2-1-3-24(29)20-37-32(41)44/h1-6,11-12,17-18,23,25,28,42H,7-10,13-16,19-20H2,(H,37,44)(H,38,45)/t28-/m1/s1. The second-order valence-corrected chi connectivity index (χ2v) is 13.6. The maximum absolute atomic E-state index is 14.0. The molecular weight excluding hydrogens is 704 g/mol. The number of para-hydroxylation sites is 1. The minimum atomic E-state index is -0.782. The van der Waals surface area contributed by atoms with Crippen LogP contribution in [0.25, 0.3) is 0 Å². The number of likely N-dealkylation sites (tertiary alicyclic amines) is 2. The summed E-state index contributed by atoms with van der Waals surface area (Å²) in [4.78, 5) is 50.0. The quantitative estimate of drug-likeness (QED) is 0.307. The maximum atomic E-state index is 14.0. The molecule has 1 aromatic heterocycles. The van der Waals surface area contributed by atoms with Crippen LogP contribution in [0, 0.1) is 0 Å². The van der Waals surface area contributed by atoms with Gasteiger partial charge in [-0.1, -0.05) is 18.2 Å². The molecule has 3 aromatic rings. The molecule has 1 atom stereocenters. The van der Waals surface area contributed by atoms with E-state index in [1.165, 1.54) is 5.56 Å². The molecule has 2 saturated heterocycles. The molecule has 2 fully saturated rings. The van der Waals surface area contributed by atoms with Gasteiger partial charge < -0.3 is 25.5 Å². The maximum Gasteiger partial charge on any atom is 0.322 e. The van der Waals surface area contributed by atoms with Crippen molar-refractivity contribution in [1.82, 2.24) is 25.4 Å². The zero-order valence-electron chi connectivity index (χ0n) is 24.8. The van der Waals surface area contributed by atoms with Gasteiger partial charge in [-0.3, -0.25) is 14.7 Å². The number of phenols is 1. The monoisotopic (exact) mass is 738 g/mol. The number of nitrogens with zero attached hydrogens (tertiary/aromatic N) is 4. The van der Waals surface area contributed by atoms with Gasteiger partial charge in [0.05, 0.1) is 14.6 Å². The third kappa shape index (κ3) is 6.96. The number of fused-ring (bicyclic) bond motifs is 1. The number of rotatable bonds is 6. The second kappa shape index (κ2) is 13.8. The Kier molecular flexibility index (Phi) is 9.60. The van der Waals surface area contributed by atoms with Crippen LogP contribution in [0.1, 0.15) is 48.3 Å². The summed E-state index contributed by atoms with van der Waals surface area (Å²) in [7, 11) is 0. The molecule has 0 spiro atoms. The minimum Gasteiger partial charge on any atom is -0.506 e. The Morgan fingerprint density at radius 3 is 2.29 bits per heavy atom. The van der Waals surface area contributed by atoms with Crippen LogP contribution in [0.2, 0.25) is 0 Å². The van der Waals surface area contributed by atoms with Crippen molar-refractivity contribution in [2.24, 2.45) is 0 Å². The van der Waals surface area contributed by atoms with E-state index in [-0.39, 0.29) is 36.2 Å². The van der Waals surface area contributed by atoms with Gasteiger partial charge in [-0.05, 0) is 110 Å². The van der Waals surface area contributed by atoms with E-state index >= 15 is 0 Å². The highest BCUT2D eigenvalue weighted by atomic mass is 79.9. The Morgan fingerprint density at radius 1 is 0.956 bits per heavy atom. The van der Waals surface area contributed by atoms with Crippen molar-refractivity contribution in [1.29, 1.82) is 0 Å². The molecule has 3 N–H and O–H groups in total. The number of hydrogen-bond donors (Lipinski definition) is 3. The van der Waals surface area contributed by atoms with Crippen LogP contribution in [-0.2, 0) is 17.8 Å². The van der Waals surface area contributed by atoms with E-state index in [9.17, 15) is 19.5 Å². The first-order valence-electron chi connectivity index (χ1n) is 15.3. The molecule has 2 aromatic carbocycles. The van der Waals surface area contributed by atoms with E-state index in [2.05, 4.69) is 47.5 Å². The highest BCUT2D eigenvalue weighted by molar-refractivity contribution is 9.11. The molecule has 5 amide bonds. The largest absolute Gasteiger partial charge is 0.506 e. The summed E-state index contributed by atoms with van der Waals surface area (Å²) >= 11 is 6.78. The van der Waals surface area contributed by atoms with E-state index in [1.807, 2.05) is 46.2 Å². The number of piperidine rings is 2. The van der Waals surface area contributed by atoms with Crippen molar-refractivity contribution < 1.29 is 19.5 Å². The van der Waals surface area contributed by atoms with Gasteiger partial charge in [0.25, 0.3) is 0 Å². The topological polar surface area (TPSA) is 118 Å². The van der Waals surface area contributed by atoms with Crippen molar-refractivity contribution in [3.8, 4) is 5.75 Å². The first-order chi connectivity index (χ1) is 21.8. The number of carbonyl (C=O) groups is 3. The van der Waals surface area contributed by atoms with Crippen molar-refractivity contribution in [3.05, 3.63) is 86.6 Å². The van der Waals surface area contributed by atoms with E-state index in [4.69, 9.17) is 0 Å². The van der Waals surface area contributed by atoms with Gasteiger partial charge in [-0.15, -0.1) is 0 Å². The molecule has 0 saturated carbocycles. The number of phenolic OH excluding ortho intramolecular Hbond substituents is 1. The first-order valence-corrected chi connectivity index (χ1v) is 16.9. The Hall–Kier alpha value is -3.64. The van der Waals surface area contributed by atoms with E-state index in [0.29, 0.717) is 60.4 Å². The Bertz CT molecular complexity index is 1530. The van der Waals surface area contributed by atoms with Crippen molar-refractivity contribution in [2.75, 3.05) is 31.1 Å². The van der Waals surface area contributed by atoms with Crippen LogP contribution in [0.5, 0.6) is 5.75 Å². The summed E-state index contributed by atoms with van der Waals surface area (Å²) in [6, 6.07) is 14.3. The number of pyridine rings is 1. The average Bonchev–Trinajstić information content (AvgIpc) is 3.07. The van der Waals surface area contributed by atoms with Crippen LogP contribution in [0.3, 0.4) is 0 Å². The lowest BCUT2D eigenvalue weighted by Gasteiger charge is -2.41. The molecule has 6 rings (SSSR count). The summed E-state index contributed by atoms with van der Waals surface area (Å²) < 4.78 is 1.01. The number of nitrogens with one attached hydrogen (secondary N) is 2. The SMILES string of the molecule is O=C(N[C@H](Cc1cc(Br)c(O)c(Br)c1)C(=O)N1CCC(c2ccncc2)CC1)N1CCC(N2C(=O)NCc3ccccc32)CC1. The normalized spacial score (nSPS) is 18.3. The van der Waals surface area contributed by atoms with Crippen LogP contribution < -0.4 is 15.5 Å². The van der Waals surface area contributed by atoms with Crippen molar-refractivity contribution in [3.63, 3.8) is 0 Å². The predicted molar refractivity (Wildman–Crippen MR) is 178 cm³/mol. The molecule has 0 aliphatic carbocycles. The van der Waals surface area contributed by atoms with E-state index in [1.54, 1.807) is 29.4 Å². The zero-order chi connectivity index (χ0) is 31.5. The molecule has 0 unspecified atom stereocenters. The Labute approximate surface area is 279 Å². The smallest absolute Gasteiger partial charge is 0.322 e. The molecule has 3 aliphatic heterocycles. The molecule has 4 heterocycles. The highest BCUT2D eigenvalue weighted by Crippen LogP contribution is 2.34. The zero-order valence-corrected chi connectivity index (χ0v) is 28.0. The number of hydrogen-bond acceptors (Lipinski definition) is 5. The molecule has 45 heavy (non-hydrogen) atoms. The lowest BCUT2D eigenvalue weighted by Crippen LogP contribution is -2.57. The molecule has 3 aliphatic rings. The summed E-state index contributed by atoms with van der Waals surface area (Å²) in [5, 5.41) is 16.2. The van der Waals surface area contributed by atoms with Gasteiger partial charge in [0, 0.05) is 57.6 Å². The number of carbonyl (C=O) groups excluding carboxylic acids is 3. The molecule has 0 radical (unpaired) electrons. The predicted octanol–water partition coefficient (Wildman–Crippen LogP) is 5.53. The highest BCUT2D eigenvalue weighted by Gasteiger charge is 2.36. The average molecular weight is 740 g/mol. The van der Waals surface area contributed by atoms with Crippen molar-refractivity contribution in [2.45, 2.75) is 56.7 Å². The third-order valence-corrected chi connectivity index (χ3v) is 10.3. The fourth-order valence-corrected chi connectivity index (χ4v) is 7.93. The number of aromatic hydroxyl groups is 1. The van der Waals surface area contributed by atoms with E-state index < -0.39 is 6.04 Å². The summed E-state index contributed by atoms with van der Waals surface area (Å²) in [6.07, 6.45) is 6.82. The first kappa shape index (κ1) is 31.3. The summed E-state index contributed by atoms with van der Waals surface area (Å²) in [5.74, 6) is 0.328. The van der Waals surface area contributed by atoms with Gasteiger partial charge in [-0.25, -0.2) is 9.59 Å². The lowest BCUT2D eigenvalue weighted by atomic mass is 9.89. The lowest BCUT2D eigenvalue weighted by molar-refractivity contribution is -0.134. The van der Waals surface area contributed by atoms with E-state index in [0.717, 1.165) is 29.7 Å². The number of halogens is 2. The second-order valence-electron chi connectivity index (χ2n) is 11.9. The van der Waals surface area contributed by atoms with Gasteiger partial charge in [0.2, 0.25) is 5.91 Å². The molecule has 12 heteroatoms. The van der Waals surface area contributed by atoms with Crippen LogP contribution in [0.15, 0.2) is 69.9 Å². The van der Waals surface area contributed by atoms with Crippen LogP contribution in [0.4, 0.5) is 15.3 Å². The fraction of sp³-hybridized carbons (Fsp3) is 0.394. The van der Waals surface area contributed by atoms with Crippen molar-refractivity contribution >= 4 is 55.5 Å². The van der Waals surface area contributed by atoms with Gasteiger partial charge >= 0.3 is 12.1 Å². The number of aromatic nitrogens is 1. The molecule has 236 valence electrons. The van der Waals surface area contributed by atoms with Crippen LogP contribution in [-0.4, -0.2) is 76.1 Å². The number of amides is 5. The number of anilines is 1. The Balaban J connectivity index is 1.13. The van der Waals surface area contributed by atoms with Gasteiger partial charge in [0.15, 0.2) is 0 Å². The molecule has 10 nitrogen and oxygen atoms in total. The summed E-state index contributed by atoms with van der Waals surface area (Å²) in [5.41, 5.74) is 4.03. The number of urea groups is 2. The molecule has 0 bridgehead atoms. The Morgan fingerprint density at radius 2 is 1.60 bits per heavy atom. The summed E-state index contributed by atoms with van der Waals surface area (Å²) in [6.45, 7) is 2.66. The van der Waals surface area contributed by atoms with Gasteiger partial charge in [0.1, 0.15) is 11.8 Å². The fourth-order valence-electron chi connectivity index (χ4n) is 6.65. The number of benzene rings is 2. The minimum absolute atomic E-state index is 0.0266. The van der Waals surface area contributed by atoms with Gasteiger partial charge in [-0.2, -0.15) is 0 Å². The molecular formula is C33H36Br2N6O4. The third-order valence-electron chi connectivity index (χ3n) is 9.11. The van der Waals surface area contributed by atoms with Crippen LogP contribution >= 0.6 is 31.9 Å².